The van der Waals surface area contributed by atoms with E-state index in [-0.39, 0.29) is 23.9 Å². The molecule has 1 aromatic rings. The summed E-state index contributed by atoms with van der Waals surface area (Å²) >= 11 is 0. The second-order valence-electron chi connectivity index (χ2n) is 5.85. The van der Waals surface area contributed by atoms with E-state index >= 15 is 0 Å². The Balaban J connectivity index is 2.07. The van der Waals surface area contributed by atoms with Gasteiger partial charge in [-0.2, -0.15) is 0 Å². The van der Waals surface area contributed by atoms with Crippen LogP contribution in [0.2, 0.25) is 0 Å². The maximum absolute atomic E-state index is 12.4. The summed E-state index contributed by atoms with van der Waals surface area (Å²) in [4.78, 5) is 38.7. The minimum Gasteiger partial charge on any atom is -0.478 e. The van der Waals surface area contributed by atoms with Crippen LogP contribution in [-0.4, -0.2) is 58.9 Å². The number of carboxylic acid groups (broad SMARTS) is 1. The predicted octanol–water partition coefficient (Wildman–Crippen LogP) is 1.33. The number of hydrogen-bond donors (Lipinski definition) is 1. The van der Waals surface area contributed by atoms with Gasteiger partial charge in [-0.1, -0.05) is 19.9 Å². The van der Waals surface area contributed by atoms with Gasteiger partial charge in [0.1, 0.15) is 6.54 Å². The zero-order chi connectivity index (χ0) is 16.3. The van der Waals surface area contributed by atoms with Crippen LogP contribution in [0.3, 0.4) is 0 Å². The zero-order valence-corrected chi connectivity index (χ0v) is 12.8. The molecule has 1 fully saturated rings. The van der Waals surface area contributed by atoms with Crippen molar-refractivity contribution in [3.63, 3.8) is 0 Å². The van der Waals surface area contributed by atoms with Crippen molar-refractivity contribution in [1.29, 1.82) is 0 Å². The molecule has 118 valence electrons. The predicted molar refractivity (Wildman–Crippen MR) is 80.7 cm³/mol. The molecule has 0 spiro atoms. The maximum atomic E-state index is 12.4. The Bertz CT molecular complexity index is 598. The third-order valence-electron chi connectivity index (χ3n) is 3.55. The summed E-state index contributed by atoms with van der Waals surface area (Å²) in [5.41, 5.74) is 0.362. The molecule has 2 amide bonds. The Kier molecular flexibility index (Phi) is 4.80. The molecule has 1 aliphatic rings. The summed E-state index contributed by atoms with van der Waals surface area (Å²) in [5, 5.41) is 8.98. The summed E-state index contributed by atoms with van der Waals surface area (Å²) < 4.78 is 0. The van der Waals surface area contributed by atoms with Gasteiger partial charge in [-0.25, -0.2) is 4.79 Å². The van der Waals surface area contributed by atoms with Crippen molar-refractivity contribution in [2.75, 3.05) is 26.2 Å². The average molecular weight is 304 g/mol. The van der Waals surface area contributed by atoms with E-state index in [2.05, 4.69) is 0 Å². The number of aromatic carboxylic acids is 1. The Labute approximate surface area is 129 Å². The lowest BCUT2D eigenvalue weighted by molar-refractivity contribution is -0.135. The minimum atomic E-state index is -1.08. The number of piperazine rings is 1. The number of amides is 2. The van der Waals surface area contributed by atoms with Crippen LogP contribution in [0.4, 0.5) is 0 Å². The Hall–Kier alpha value is -2.37. The average Bonchev–Trinajstić information content (AvgIpc) is 2.48. The van der Waals surface area contributed by atoms with E-state index in [9.17, 15) is 14.4 Å². The smallest absolute Gasteiger partial charge is 0.335 e. The lowest BCUT2D eigenvalue weighted by Gasteiger charge is -2.35. The summed E-state index contributed by atoms with van der Waals surface area (Å²) in [6, 6.07) is 5.88. The fourth-order valence-electron chi connectivity index (χ4n) is 2.48. The van der Waals surface area contributed by atoms with Gasteiger partial charge in [-0.05, 0) is 24.1 Å². The summed E-state index contributed by atoms with van der Waals surface area (Å²) in [7, 11) is 0. The van der Waals surface area contributed by atoms with Gasteiger partial charge >= 0.3 is 5.97 Å². The molecule has 6 nitrogen and oxygen atoms in total. The van der Waals surface area contributed by atoms with Crippen LogP contribution >= 0.6 is 0 Å². The number of carboxylic acids is 1. The normalized spacial score (nSPS) is 15.3. The lowest BCUT2D eigenvalue weighted by Crippen LogP contribution is -2.53. The van der Waals surface area contributed by atoms with Gasteiger partial charge in [0, 0.05) is 25.2 Å². The molecule has 0 aliphatic carbocycles. The topological polar surface area (TPSA) is 77.9 Å². The Morgan fingerprint density at radius 2 is 1.91 bits per heavy atom. The van der Waals surface area contributed by atoms with E-state index in [0.29, 0.717) is 31.1 Å². The van der Waals surface area contributed by atoms with Crippen molar-refractivity contribution < 1.29 is 19.5 Å². The molecule has 2 rings (SSSR count). The fraction of sp³-hybridized carbons (Fsp3) is 0.438. The van der Waals surface area contributed by atoms with Crippen molar-refractivity contribution in [3.8, 4) is 0 Å². The number of carbonyl (C=O) groups excluding carboxylic acids is 2. The van der Waals surface area contributed by atoms with Crippen molar-refractivity contribution >= 4 is 17.8 Å². The molecule has 0 bridgehead atoms. The third-order valence-corrected chi connectivity index (χ3v) is 3.55. The molecule has 0 unspecified atom stereocenters. The van der Waals surface area contributed by atoms with E-state index in [4.69, 9.17) is 5.11 Å². The molecule has 0 atom stereocenters. The highest BCUT2D eigenvalue weighted by Gasteiger charge is 2.28. The number of carbonyl (C=O) groups is 3. The molecule has 1 N–H and O–H groups in total. The SMILES string of the molecule is CC(C)CN1CCN(C(=O)c2cccc(C(=O)O)c2)CC1=O. The number of rotatable bonds is 4. The van der Waals surface area contributed by atoms with Crippen LogP contribution in [0.1, 0.15) is 34.6 Å². The molecule has 1 heterocycles. The maximum Gasteiger partial charge on any atom is 0.335 e. The van der Waals surface area contributed by atoms with Crippen molar-refractivity contribution in [3.05, 3.63) is 35.4 Å². The van der Waals surface area contributed by atoms with E-state index < -0.39 is 5.97 Å². The van der Waals surface area contributed by atoms with E-state index in [1.54, 1.807) is 11.0 Å². The molecule has 6 heteroatoms. The standard InChI is InChI=1S/C16H20N2O4/c1-11(2)9-17-6-7-18(10-14(17)19)15(20)12-4-3-5-13(8-12)16(21)22/h3-5,8,11H,6-7,9-10H2,1-2H3,(H,21,22). The highest BCUT2D eigenvalue weighted by atomic mass is 16.4. The van der Waals surface area contributed by atoms with Gasteiger partial charge in [0.2, 0.25) is 5.91 Å². The largest absolute Gasteiger partial charge is 0.478 e. The molecule has 0 aromatic heterocycles. The van der Waals surface area contributed by atoms with Crippen LogP contribution in [0.15, 0.2) is 24.3 Å². The van der Waals surface area contributed by atoms with Crippen LogP contribution in [0, 0.1) is 5.92 Å². The lowest BCUT2D eigenvalue weighted by atomic mass is 10.1. The Morgan fingerprint density at radius 3 is 2.50 bits per heavy atom. The van der Waals surface area contributed by atoms with Gasteiger partial charge in [0.15, 0.2) is 0 Å². The third kappa shape index (κ3) is 3.63. The van der Waals surface area contributed by atoms with E-state index in [1.807, 2.05) is 13.8 Å². The Morgan fingerprint density at radius 1 is 1.23 bits per heavy atom. The van der Waals surface area contributed by atoms with E-state index in [1.165, 1.54) is 23.1 Å². The molecule has 0 saturated carbocycles. The van der Waals surface area contributed by atoms with Gasteiger partial charge in [-0.15, -0.1) is 0 Å². The molecular weight excluding hydrogens is 284 g/mol. The van der Waals surface area contributed by atoms with Gasteiger partial charge in [-0.3, -0.25) is 9.59 Å². The summed E-state index contributed by atoms with van der Waals surface area (Å²) in [6.45, 7) is 5.80. The number of hydrogen-bond acceptors (Lipinski definition) is 3. The van der Waals surface area contributed by atoms with Gasteiger partial charge in [0.05, 0.1) is 5.56 Å². The first-order valence-electron chi connectivity index (χ1n) is 7.29. The molecule has 1 aliphatic heterocycles. The molecule has 0 radical (unpaired) electrons. The monoisotopic (exact) mass is 304 g/mol. The first kappa shape index (κ1) is 16.0. The van der Waals surface area contributed by atoms with Gasteiger partial charge in [0.25, 0.3) is 5.91 Å². The quantitative estimate of drug-likeness (QED) is 0.910. The van der Waals surface area contributed by atoms with Crippen molar-refractivity contribution in [2.24, 2.45) is 5.92 Å². The molecular formula is C16H20N2O4. The van der Waals surface area contributed by atoms with Crippen LogP contribution in [0.25, 0.3) is 0 Å². The zero-order valence-electron chi connectivity index (χ0n) is 12.8. The summed E-state index contributed by atoms with van der Waals surface area (Å²) in [6.07, 6.45) is 0. The van der Waals surface area contributed by atoms with Crippen molar-refractivity contribution in [1.82, 2.24) is 9.80 Å². The van der Waals surface area contributed by atoms with Crippen LogP contribution in [0.5, 0.6) is 0 Å². The highest BCUT2D eigenvalue weighted by Crippen LogP contribution is 2.13. The fourth-order valence-corrected chi connectivity index (χ4v) is 2.48. The van der Waals surface area contributed by atoms with E-state index in [0.717, 1.165) is 0 Å². The summed E-state index contributed by atoms with van der Waals surface area (Å²) in [5.74, 6) is -1.06. The second kappa shape index (κ2) is 6.60. The molecule has 1 aromatic carbocycles. The van der Waals surface area contributed by atoms with Crippen LogP contribution in [-0.2, 0) is 4.79 Å². The second-order valence-corrected chi connectivity index (χ2v) is 5.85. The highest BCUT2D eigenvalue weighted by molar-refractivity contribution is 5.99. The number of nitrogens with zero attached hydrogens (tertiary/aromatic N) is 2. The van der Waals surface area contributed by atoms with Crippen LogP contribution < -0.4 is 0 Å². The van der Waals surface area contributed by atoms with Crippen molar-refractivity contribution in [2.45, 2.75) is 13.8 Å². The van der Waals surface area contributed by atoms with Gasteiger partial charge < -0.3 is 14.9 Å². The first-order chi connectivity index (χ1) is 10.4. The minimum absolute atomic E-state index is 0.0445. The molecule has 1 saturated heterocycles. The molecule has 22 heavy (non-hydrogen) atoms. The number of benzene rings is 1. The first-order valence-corrected chi connectivity index (χ1v) is 7.29.